The summed E-state index contributed by atoms with van der Waals surface area (Å²) in [6.07, 6.45) is 1.99. The van der Waals surface area contributed by atoms with Crippen LogP contribution in [0.2, 0.25) is 0 Å². The van der Waals surface area contributed by atoms with E-state index in [1.807, 2.05) is 12.1 Å². The smallest absolute Gasteiger partial charge is 0.267 e. The third-order valence-electron chi connectivity index (χ3n) is 2.75. The lowest BCUT2D eigenvalue weighted by Crippen LogP contribution is -2.48. The summed E-state index contributed by atoms with van der Waals surface area (Å²) in [4.78, 5) is 12.0. The van der Waals surface area contributed by atoms with E-state index in [-0.39, 0.29) is 13.3 Å². The summed E-state index contributed by atoms with van der Waals surface area (Å²) in [6, 6.07) is 7.19. The fourth-order valence-corrected chi connectivity index (χ4v) is 2.97. The van der Waals surface area contributed by atoms with E-state index in [1.54, 1.807) is 26.0 Å². The van der Waals surface area contributed by atoms with Gasteiger partial charge in [0, 0.05) is 5.56 Å². The maximum Gasteiger partial charge on any atom is 0.267 e. The van der Waals surface area contributed by atoms with Gasteiger partial charge in [0.15, 0.2) is 0 Å². The second kappa shape index (κ2) is 7.56. The highest BCUT2D eigenvalue weighted by Crippen LogP contribution is 2.10. The maximum atomic E-state index is 12.0. The zero-order valence-electron chi connectivity index (χ0n) is 12.0. The molecule has 0 radical (unpaired) electrons. The van der Waals surface area contributed by atoms with E-state index in [0.29, 0.717) is 5.56 Å². The Kier molecular flexibility index (Phi) is 7.06. The summed E-state index contributed by atoms with van der Waals surface area (Å²) < 4.78 is 30.6. The summed E-state index contributed by atoms with van der Waals surface area (Å²) in [5.74, 6) is -0.888. The highest BCUT2D eigenvalue weighted by Gasteiger charge is 2.27. The van der Waals surface area contributed by atoms with E-state index < -0.39 is 21.4 Å². The van der Waals surface area contributed by atoms with E-state index in [1.165, 1.54) is 0 Å². The molecule has 5 nitrogen and oxygen atoms in total. The molecule has 0 aliphatic carbocycles. The number of hydrogen-bond acceptors (Lipinski definition) is 3. The first-order valence-electron chi connectivity index (χ1n) is 6.49. The zero-order chi connectivity index (χ0) is 15.4. The number of benzene rings is 1. The van der Waals surface area contributed by atoms with Crippen LogP contribution < -0.4 is 5.32 Å². The van der Waals surface area contributed by atoms with Crippen LogP contribution in [0.5, 0.6) is 0 Å². The van der Waals surface area contributed by atoms with Gasteiger partial charge in [-0.2, -0.15) is 8.42 Å². The molecule has 0 aliphatic rings. The van der Waals surface area contributed by atoms with E-state index in [9.17, 15) is 13.2 Å². The number of carbonyl (C=O) groups is 1. The molecule has 0 unspecified atom stereocenters. The maximum absolute atomic E-state index is 12.0. The van der Waals surface area contributed by atoms with Crippen LogP contribution >= 0.6 is 0 Å². The first-order chi connectivity index (χ1) is 9.13. The lowest BCUT2D eigenvalue weighted by atomic mass is 10.1. The van der Waals surface area contributed by atoms with Gasteiger partial charge in [-0.25, -0.2) is 0 Å². The molecule has 1 aromatic rings. The highest BCUT2D eigenvalue weighted by atomic mass is 32.2. The second-order valence-electron chi connectivity index (χ2n) is 5.51. The van der Waals surface area contributed by atoms with Crippen molar-refractivity contribution in [1.82, 2.24) is 5.32 Å². The van der Waals surface area contributed by atoms with Gasteiger partial charge in [-0.1, -0.05) is 32.9 Å². The fraction of sp³-hybridized carbons (Fsp3) is 0.533. The van der Waals surface area contributed by atoms with Crippen LogP contribution in [0.4, 0.5) is 0 Å². The number of carbonyl (C=O) groups excluding carboxylic acids is 1. The molecular formula is C15H25NO4S. The Morgan fingerprint density at radius 2 is 1.76 bits per heavy atom. The van der Waals surface area contributed by atoms with Crippen LogP contribution in [0.25, 0.3) is 0 Å². The average Bonchev–Trinajstić information content (AvgIpc) is 2.26. The van der Waals surface area contributed by atoms with Gasteiger partial charge in [-0.15, -0.1) is 0 Å². The topological polar surface area (TPSA) is 83.5 Å². The fourth-order valence-electron chi connectivity index (χ4n) is 1.98. The molecule has 0 spiro atoms. The molecule has 1 aromatic carbocycles. The predicted molar refractivity (Wildman–Crippen MR) is 85.1 cm³/mol. The minimum atomic E-state index is -4.14. The minimum Gasteiger partial charge on any atom is -0.346 e. The highest BCUT2D eigenvalue weighted by molar-refractivity contribution is 7.85. The third kappa shape index (κ3) is 7.24. The molecule has 0 saturated heterocycles. The van der Waals surface area contributed by atoms with Gasteiger partial charge < -0.3 is 5.32 Å². The zero-order valence-corrected chi connectivity index (χ0v) is 12.8. The van der Waals surface area contributed by atoms with Gasteiger partial charge in [0.2, 0.25) is 0 Å². The van der Waals surface area contributed by atoms with Crippen molar-refractivity contribution in [3.8, 4) is 0 Å². The van der Waals surface area contributed by atoms with E-state index in [4.69, 9.17) is 4.55 Å². The molecule has 21 heavy (non-hydrogen) atoms. The Balaban J connectivity index is 0.00000400. The molecule has 0 heterocycles. The normalized spacial score (nSPS) is 11.6. The van der Waals surface area contributed by atoms with Crippen molar-refractivity contribution in [3.05, 3.63) is 35.4 Å². The largest absolute Gasteiger partial charge is 0.346 e. The van der Waals surface area contributed by atoms with Crippen LogP contribution in [0, 0.1) is 0 Å². The number of nitrogens with one attached hydrogen (secondary N) is 1. The van der Waals surface area contributed by atoms with Gasteiger partial charge in [-0.05, 0) is 38.0 Å². The standard InChI is InChI=1S/C14H21NO4S.CH4/c1-4-5-11-6-8-12(9-7-11)13(16)15-14(2,3)10-20(17,18)19;/h6-9H,4-5,10H2,1-3H3,(H,15,16)(H,17,18,19);1H4. The van der Waals surface area contributed by atoms with E-state index in [2.05, 4.69) is 12.2 Å². The van der Waals surface area contributed by atoms with Gasteiger partial charge in [0.05, 0.1) is 11.3 Å². The van der Waals surface area contributed by atoms with Crippen molar-refractivity contribution >= 4 is 16.0 Å². The molecule has 6 heteroatoms. The molecule has 0 saturated carbocycles. The summed E-state index contributed by atoms with van der Waals surface area (Å²) in [7, 11) is -4.14. The van der Waals surface area contributed by atoms with Gasteiger partial charge in [-0.3, -0.25) is 9.35 Å². The van der Waals surface area contributed by atoms with Gasteiger partial charge >= 0.3 is 0 Å². The quantitative estimate of drug-likeness (QED) is 0.791. The molecule has 0 aromatic heterocycles. The van der Waals surface area contributed by atoms with Crippen LogP contribution in [0.3, 0.4) is 0 Å². The van der Waals surface area contributed by atoms with Gasteiger partial charge in [0.1, 0.15) is 0 Å². The minimum absolute atomic E-state index is 0. The first-order valence-corrected chi connectivity index (χ1v) is 8.10. The molecule has 2 N–H and O–H groups in total. The summed E-state index contributed by atoms with van der Waals surface area (Å²) in [5, 5.41) is 2.60. The molecule has 0 aliphatic heterocycles. The van der Waals surface area contributed by atoms with Crippen molar-refractivity contribution in [2.75, 3.05) is 5.75 Å². The lowest BCUT2D eigenvalue weighted by molar-refractivity contribution is 0.0920. The van der Waals surface area contributed by atoms with Crippen LogP contribution in [-0.4, -0.2) is 30.2 Å². The van der Waals surface area contributed by atoms with E-state index >= 15 is 0 Å². The molecule has 120 valence electrons. The molecule has 0 fully saturated rings. The number of hydrogen-bond donors (Lipinski definition) is 2. The Morgan fingerprint density at radius 3 is 2.19 bits per heavy atom. The van der Waals surface area contributed by atoms with Crippen LogP contribution in [0.1, 0.15) is 50.5 Å². The molecule has 0 bridgehead atoms. The molecule has 0 atom stereocenters. The first kappa shape index (κ1) is 19.6. The summed E-state index contributed by atoms with van der Waals surface area (Å²) in [6.45, 7) is 5.17. The van der Waals surface area contributed by atoms with Gasteiger partial charge in [0.25, 0.3) is 16.0 Å². The van der Waals surface area contributed by atoms with Crippen molar-refractivity contribution in [1.29, 1.82) is 0 Å². The Morgan fingerprint density at radius 1 is 1.24 bits per heavy atom. The lowest BCUT2D eigenvalue weighted by Gasteiger charge is -2.24. The third-order valence-corrected chi connectivity index (χ3v) is 3.84. The Labute approximate surface area is 127 Å². The van der Waals surface area contributed by atoms with E-state index in [0.717, 1.165) is 18.4 Å². The number of amides is 1. The molecule has 1 amide bonds. The van der Waals surface area contributed by atoms with Crippen molar-refractivity contribution in [2.24, 2.45) is 0 Å². The van der Waals surface area contributed by atoms with Crippen LogP contribution in [-0.2, 0) is 16.5 Å². The predicted octanol–water partition coefficient (Wildman–Crippen LogP) is 2.67. The van der Waals surface area contributed by atoms with Crippen molar-refractivity contribution in [2.45, 2.75) is 46.6 Å². The summed E-state index contributed by atoms with van der Waals surface area (Å²) in [5.41, 5.74) is 0.585. The van der Waals surface area contributed by atoms with Crippen LogP contribution in [0.15, 0.2) is 24.3 Å². The number of rotatable bonds is 6. The van der Waals surface area contributed by atoms with Crippen molar-refractivity contribution < 1.29 is 17.8 Å². The summed E-state index contributed by atoms with van der Waals surface area (Å²) >= 11 is 0. The Hall–Kier alpha value is -1.40. The SMILES string of the molecule is C.CCCc1ccc(C(=O)NC(C)(C)CS(=O)(=O)O)cc1. The molecular weight excluding hydrogens is 290 g/mol. The number of aryl methyl sites for hydroxylation is 1. The monoisotopic (exact) mass is 315 g/mol. The Bertz CT molecular complexity index is 562. The average molecular weight is 315 g/mol. The molecule has 1 rings (SSSR count). The van der Waals surface area contributed by atoms with Crippen molar-refractivity contribution in [3.63, 3.8) is 0 Å². The second-order valence-corrected chi connectivity index (χ2v) is 6.96.